The number of sulfonamides is 1. The number of aryl methyl sites for hydroxylation is 1. The number of piperidine rings is 1. The molecule has 9 nitrogen and oxygen atoms in total. The van der Waals surface area contributed by atoms with E-state index < -0.39 is 16.6 Å². The largest absolute Gasteiger partial charge is 0.395 e. The fourth-order valence-electron chi connectivity index (χ4n) is 4.66. The van der Waals surface area contributed by atoms with Gasteiger partial charge in [-0.3, -0.25) is 9.52 Å². The zero-order valence-corrected chi connectivity index (χ0v) is 20.2. The monoisotopic (exact) mass is 485 g/mol. The minimum Gasteiger partial charge on any atom is -0.395 e. The number of rotatable bonds is 8. The van der Waals surface area contributed by atoms with Gasteiger partial charge in [-0.15, -0.1) is 0 Å². The Morgan fingerprint density at radius 3 is 2.53 bits per heavy atom. The number of amides is 1. The number of aliphatic hydroxyl groups is 1. The molecule has 5 rings (SSSR count). The molecule has 0 bridgehead atoms. The third kappa shape index (κ3) is 5.17. The number of hydrogen-bond donors (Lipinski definition) is 3. The molecule has 0 unspecified atom stereocenters. The third-order valence-electron chi connectivity index (χ3n) is 7.05. The van der Waals surface area contributed by atoms with Gasteiger partial charge in [0, 0.05) is 30.8 Å². The van der Waals surface area contributed by atoms with Crippen molar-refractivity contribution in [3.63, 3.8) is 0 Å². The van der Waals surface area contributed by atoms with Crippen LogP contribution in [0.25, 0.3) is 0 Å². The van der Waals surface area contributed by atoms with Crippen LogP contribution < -0.4 is 14.9 Å². The van der Waals surface area contributed by atoms with Crippen molar-refractivity contribution in [1.82, 2.24) is 9.97 Å². The van der Waals surface area contributed by atoms with Crippen LogP contribution in [0.1, 0.15) is 66.3 Å². The van der Waals surface area contributed by atoms with E-state index in [1.165, 1.54) is 12.8 Å². The van der Waals surface area contributed by atoms with E-state index in [1.807, 2.05) is 6.92 Å². The second-order valence-corrected chi connectivity index (χ2v) is 11.7. The number of nitrogens with one attached hydrogen (secondary N) is 2. The normalized spacial score (nSPS) is 19.2. The Kier molecular flexibility index (Phi) is 5.97. The van der Waals surface area contributed by atoms with Crippen molar-refractivity contribution >= 4 is 33.1 Å². The van der Waals surface area contributed by atoms with Crippen molar-refractivity contribution in [2.24, 2.45) is 5.41 Å². The highest BCUT2D eigenvalue weighted by Crippen LogP contribution is 2.54. The van der Waals surface area contributed by atoms with Gasteiger partial charge in [-0.1, -0.05) is 0 Å². The highest BCUT2D eigenvalue weighted by atomic mass is 32.2. The van der Waals surface area contributed by atoms with Gasteiger partial charge in [0.25, 0.3) is 5.91 Å². The SMILES string of the molecule is Cc1cc(NC(=O)c2ccc(NS(=O)(=O)CCO)cc2N2CCC3(CC2)CC3)nc(C2CC2)n1. The smallest absolute Gasteiger partial charge is 0.258 e. The topological polar surface area (TPSA) is 125 Å². The minimum atomic E-state index is -3.67. The number of anilines is 3. The van der Waals surface area contributed by atoms with Crippen LogP contribution in [0.5, 0.6) is 0 Å². The Balaban J connectivity index is 1.42. The molecule has 0 atom stereocenters. The van der Waals surface area contributed by atoms with Gasteiger partial charge in [0.2, 0.25) is 10.0 Å². The average Bonchev–Trinajstić information content (AvgIpc) is 3.70. The first kappa shape index (κ1) is 23.0. The zero-order valence-electron chi connectivity index (χ0n) is 19.4. The average molecular weight is 486 g/mol. The molecule has 1 spiro atoms. The Morgan fingerprint density at radius 1 is 1.15 bits per heavy atom. The van der Waals surface area contributed by atoms with Gasteiger partial charge >= 0.3 is 0 Å². The Labute approximate surface area is 200 Å². The summed E-state index contributed by atoms with van der Waals surface area (Å²) in [5.74, 6) is 0.961. The molecule has 34 heavy (non-hydrogen) atoms. The highest BCUT2D eigenvalue weighted by Gasteiger charge is 2.44. The number of aliphatic hydroxyl groups excluding tert-OH is 1. The summed E-state index contributed by atoms with van der Waals surface area (Å²) in [5, 5.41) is 12.0. The zero-order chi connectivity index (χ0) is 23.9. The van der Waals surface area contributed by atoms with Crippen molar-refractivity contribution in [1.29, 1.82) is 0 Å². The molecule has 1 saturated heterocycles. The van der Waals surface area contributed by atoms with Crippen molar-refractivity contribution < 1.29 is 18.3 Å². The van der Waals surface area contributed by atoms with Crippen LogP contribution in [0.4, 0.5) is 17.2 Å². The highest BCUT2D eigenvalue weighted by molar-refractivity contribution is 7.92. The molecular weight excluding hydrogens is 454 g/mol. The van der Waals surface area contributed by atoms with Crippen molar-refractivity contribution in [3.05, 3.63) is 41.3 Å². The van der Waals surface area contributed by atoms with Crippen molar-refractivity contribution in [2.75, 3.05) is 40.4 Å². The second kappa shape index (κ2) is 8.81. The lowest BCUT2D eigenvalue weighted by Crippen LogP contribution is -2.35. The maximum Gasteiger partial charge on any atom is 0.258 e. The molecule has 2 aliphatic carbocycles. The standard InChI is InChI=1S/C24H31N5O4S/c1-16-14-21(26-22(25-16)17-2-3-17)27-23(31)19-5-4-18(28-34(32,33)13-12-30)15-20(19)29-10-8-24(6-7-24)9-11-29/h4-5,14-15,17,28,30H,2-3,6-13H2,1H3,(H,25,26,27,31). The molecule has 3 aliphatic rings. The number of benzene rings is 1. The van der Waals surface area contributed by atoms with Crippen LogP contribution >= 0.6 is 0 Å². The lowest BCUT2D eigenvalue weighted by molar-refractivity contribution is 0.102. The number of aromatic nitrogens is 2. The first-order valence-corrected chi connectivity index (χ1v) is 13.6. The van der Waals surface area contributed by atoms with E-state index in [9.17, 15) is 13.2 Å². The van der Waals surface area contributed by atoms with E-state index in [-0.39, 0.29) is 11.7 Å². The van der Waals surface area contributed by atoms with Crippen LogP contribution in [0.15, 0.2) is 24.3 Å². The van der Waals surface area contributed by atoms with E-state index >= 15 is 0 Å². The summed E-state index contributed by atoms with van der Waals surface area (Å²) >= 11 is 0. The summed E-state index contributed by atoms with van der Waals surface area (Å²) in [4.78, 5) is 24.6. The maximum atomic E-state index is 13.4. The molecule has 2 aromatic rings. The summed E-state index contributed by atoms with van der Waals surface area (Å²) in [5.41, 5.74) is 2.83. The molecule has 182 valence electrons. The van der Waals surface area contributed by atoms with Crippen LogP contribution in [0.3, 0.4) is 0 Å². The Hall–Kier alpha value is -2.72. The van der Waals surface area contributed by atoms with Gasteiger partial charge in [-0.25, -0.2) is 18.4 Å². The van der Waals surface area contributed by atoms with Gasteiger partial charge < -0.3 is 15.3 Å². The molecule has 1 aliphatic heterocycles. The van der Waals surface area contributed by atoms with E-state index in [1.54, 1.807) is 24.3 Å². The Morgan fingerprint density at radius 2 is 1.88 bits per heavy atom. The molecule has 3 fully saturated rings. The third-order valence-corrected chi connectivity index (χ3v) is 8.32. The summed E-state index contributed by atoms with van der Waals surface area (Å²) in [6.07, 6.45) is 6.84. The van der Waals surface area contributed by atoms with Crippen LogP contribution in [0, 0.1) is 12.3 Å². The fraction of sp³-hybridized carbons (Fsp3) is 0.542. The first-order chi connectivity index (χ1) is 16.3. The predicted molar refractivity (Wildman–Crippen MR) is 131 cm³/mol. The fourth-order valence-corrected chi connectivity index (χ4v) is 5.49. The number of hydrogen-bond acceptors (Lipinski definition) is 7. The number of nitrogens with zero attached hydrogens (tertiary/aromatic N) is 3. The van der Waals surface area contributed by atoms with E-state index in [4.69, 9.17) is 5.11 Å². The van der Waals surface area contributed by atoms with E-state index in [0.29, 0.717) is 34.1 Å². The second-order valence-electron chi connectivity index (χ2n) is 9.84. The number of carbonyl (C=O) groups is 1. The first-order valence-electron chi connectivity index (χ1n) is 11.9. The summed E-state index contributed by atoms with van der Waals surface area (Å²) in [7, 11) is -3.67. The summed E-state index contributed by atoms with van der Waals surface area (Å²) in [6, 6.07) is 6.72. The van der Waals surface area contributed by atoms with Crippen molar-refractivity contribution in [2.45, 2.75) is 51.4 Å². The quantitative estimate of drug-likeness (QED) is 0.525. The van der Waals surface area contributed by atoms with E-state index in [0.717, 1.165) is 50.3 Å². The molecule has 2 heterocycles. The lowest BCUT2D eigenvalue weighted by atomic mass is 9.93. The molecule has 0 radical (unpaired) electrons. The van der Waals surface area contributed by atoms with Gasteiger partial charge in [-0.2, -0.15) is 0 Å². The van der Waals surface area contributed by atoms with Gasteiger partial charge in [-0.05, 0) is 69.1 Å². The van der Waals surface area contributed by atoms with Crippen LogP contribution in [-0.4, -0.2) is 54.8 Å². The lowest BCUT2D eigenvalue weighted by Gasteiger charge is -2.35. The maximum absolute atomic E-state index is 13.4. The van der Waals surface area contributed by atoms with Crippen molar-refractivity contribution in [3.8, 4) is 0 Å². The van der Waals surface area contributed by atoms with Gasteiger partial charge in [0.05, 0.1) is 29.3 Å². The molecule has 1 aromatic carbocycles. The number of carbonyl (C=O) groups excluding carboxylic acids is 1. The van der Waals surface area contributed by atoms with Gasteiger partial charge in [0.1, 0.15) is 11.6 Å². The molecule has 3 N–H and O–H groups in total. The summed E-state index contributed by atoms with van der Waals surface area (Å²) < 4.78 is 26.9. The van der Waals surface area contributed by atoms with Gasteiger partial charge in [0.15, 0.2) is 0 Å². The summed E-state index contributed by atoms with van der Waals surface area (Å²) in [6.45, 7) is 3.08. The molecule has 1 aromatic heterocycles. The molecular formula is C24H31N5O4S. The minimum absolute atomic E-state index is 0.286. The molecule has 2 saturated carbocycles. The molecule has 1 amide bonds. The van der Waals surface area contributed by atoms with Crippen LogP contribution in [0.2, 0.25) is 0 Å². The predicted octanol–water partition coefficient (Wildman–Crippen LogP) is 3.03. The van der Waals surface area contributed by atoms with Crippen LogP contribution in [-0.2, 0) is 10.0 Å². The molecule has 10 heteroatoms. The van der Waals surface area contributed by atoms with E-state index in [2.05, 4.69) is 24.9 Å². The Bertz CT molecular complexity index is 1200.